The number of rotatable bonds is 4. The highest BCUT2D eigenvalue weighted by atomic mass is 35.5. The molecule has 3 atom stereocenters. The number of amides is 2. The van der Waals surface area contributed by atoms with Gasteiger partial charge in [-0.15, -0.1) is 0 Å². The minimum Gasteiger partial charge on any atom is -0.353 e. The Balaban J connectivity index is 1.62. The average molecular weight is 350 g/mol. The van der Waals surface area contributed by atoms with E-state index in [1.54, 1.807) is 17.0 Å². The largest absolute Gasteiger partial charge is 0.353 e. The summed E-state index contributed by atoms with van der Waals surface area (Å²) in [6.07, 6.45) is 4.62. The topological polar surface area (TPSA) is 75.4 Å². The maximum absolute atomic E-state index is 12.6. The van der Waals surface area contributed by atoms with Gasteiger partial charge in [-0.2, -0.15) is 0 Å². The summed E-state index contributed by atoms with van der Waals surface area (Å²) in [5, 5.41) is 3.77. The Labute approximate surface area is 147 Å². The molecule has 130 valence electrons. The molecule has 2 amide bonds. The lowest BCUT2D eigenvalue weighted by atomic mass is 9.84. The number of hydrogen-bond acceptors (Lipinski definition) is 3. The van der Waals surface area contributed by atoms with Crippen molar-refractivity contribution in [3.8, 4) is 0 Å². The standard InChI is InChI=1S/C18H24ClN3O2/c19-14-5-7-15(8-6-14)22-11-13(9-17(22)23)18(24)21-16-4-2-1-3-12(16)10-20/h5-8,12-13,16H,1-4,9-11,20H2,(H,21,24). The van der Waals surface area contributed by atoms with Crippen LogP contribution in [0.2, 0.25) is 5.02 Å². The molecule has 1 saturated heterocycles. The van der Waals surface area contributed by atoms with E-state index in [0.29, 0.717) is 24.0 Å². The molecule has 0 aromatic heterocycles. The SMILES string of the molecule is NCC1CCCCC1NC(=O)C1CC(=O)N(c2ccc(Cl)cc2)C1. The van der Waals surface area contributed by atoms with Gasteiger partial charge in [-0.3, -0.25) is 9.59 Å². The summed E-state index contributed by atoms with van der Waals surface area (Å²) < 4.78 is 0. The zero-order chi connectivity index (χ0) is 17.1. The summed E-state index contributed by atoms with van der Waals surface area (Å²) >= 11 is 5.89. The number of carbonyl (C=O) groups is 2. The van der Waals surface area contributed by atoms with Crippen molar-refractivity contribution >= 4 is 29.1 Å². The quantitative estimate of drug-likeness (QED) is 0.876. The Morgan fingerprint density at radius 1 is 1.25 bits per heavy atom. The first-order valence-corrected chi connectivity index (χ1v) is 9.02. The summed E-state index contributed by atoms with van der Waals surface area (Å²) in [6, 6.07) is 7.28. The third-order valence-electron chi connectivity index (χ3n) is 5.17. The van der Waals surface area contributed by atoms with E-state index in [0.717, 1.165) is 24.9 Å². The van der Waals surface area contributed by atoms with Crippen molar-refractivity contribution in [1.29, 1.82) is 0 Å². The number of nitrogens with zero attached hydrogens (tertiary/aromatic N) is 1. The van der Waals surface area contributed by atoms with Crippen LogP contribution in [0.4, 0.5) is 5.69 Å². The van der Waals surface area contributed by atoms with Gasteiger partial charge in [0.05, 0.1) is 5.92 Å². The molecule has 1 aliphatic carbocycles. The first-order chi connectivity index (χ1) is 11.6. The lowest BCUT2D eigenvalue weighted by Crippen LogP contribution is -2.47. The highest BCUT2D eigenvalue weighted by Gasteiger charge is 2.36. The highest BCUT2D eigenvalue weighted by Crippen LogP contribution is 2.28. The first-order valence-electron chi connectivity index (χ1n) is 8.65. The molecule has 1 saturated carbocycles. The van der Waals surface area contributed by atoms with Crippen molar-refractivity contribution in [3.63, 3.8) is 0 Å². The van der Waals surface area contributed by atoms with Crippen LogP contribution < -0.4 is 16.0 Å². The van der Waals surface area contributed by atoms with Gasteiger partial charge in [-0.25, -0.2) is 0 Å². The van der Waals surface area contributed by atoms with Crippen molar-refractivity contribution in [2.24, 2.45) is 17.6 Å². The minimum atomic E-state index is -0.298. The molecule has 0 spiro atoms. The van der Waals surface area contributed by atoms with Gasteiger partial charge < -0.3 is 16.0 Å². The predicted molar refractivity (Wildman–Crippen MR) is 94.9 cm³/mol. The third-order valence-corrected chi connectivity index (χ3v) is 5.43. The molecule has 2 aliphatic rings. The van der Waals surface area contributed by atoms with E-state index >= 15 is 0 Å². The molecule has 0 radical (unpaired) electrons. The van der Waals surface area contributed by atoms with Crippen LogP contribution in [0.15, 0.2) is 24.3 Å². The van der Waals surface area contributed by atoms with Crippen LogP contribution in [0.3, 0.4) is 0 Å². The normalized spacial score (nSPS) is 27.3. The molecule has 3 unspecified atom stereocenters. The molecule has 1 heterocycles. The average Bonchev–Trinajstić information content (AvgIpc) is 2.98. The molecular weight excluding hydrogens is 326 g/mol. The molecule has 6 heteroatoms. The maximum Gasteiger partial charge on any atom is 0.227 e. The molecule has 3 rings (SSSR count). The number of hydrogen-bond donors (Lipinski definition) is 2. The molecule has 1 aromatic rings. The van der Waals surface area contributed by atoms with Crippen LogP contribution in [0.25, 0.3) is 0 Å². The van der Waals surface area contributed by atoms with Gasteiger partial charge in [0.25, 0.3) is 0 Å². The first kappa shape index (κ1) is 17.2. The molecule has 3 N–H and O–H groups in total. The number of nitrogens with one attached hydrogen (secondary N) is 1. The Bertz CT molecular complexity index is 605. The second kappa shape index (κ2) is 7.53. The van der Waals surface area contributed by atoms with Crippen LogP contribution in [-0.4, -0.2) is 30.9 Å². The fourth-order valence-electron chi connectivity index (χ4n) is 3.73. The second-order valence-corrected chi connectivity index (χ2v) is 7.21. The number of benzene rings is 1. The summed E-state index contributed by atoms with van der Waals surface area (Å²) in [4.78, 5) is 26.5. The van der Waals surface area contributed by atoms with Gasteiger partial charge in [-0.1, -0.05) is 24.4 Å². The monoisotopic (exact) mass is 349 g/mol. The molecule has 1 aliphatic heterocycles. The highest BCUT2D eigenvalue weighted by molar-refractivity contribution is 6.30. The van der Waals surface area contributed by atoms with Crippen LogP contribution in [0.1, 0.15) is 32.1 Å². The Kier molecular flexibility index (Phi) is 5.41. The van der Waals surface area contributed by atoms with Crippen LogP contribution in [0, 0.1) is 11.8 Å². The van der Waals surface area contributed by atoms with E-state index in [9.17, 15) is 9.59 Å². The number of nitrogens with two attached hydrogens (primary N) is 1. The molecule has 24 heavy (non-hydrogen) atoms. The van der Waals surface area contributed by atoms with E-state index in [1.165, 1.54) is 6.42 Å². The van der Waals surface area contributed by atoms with E-state index in [-0.39, 0.29) is 30.2 Å². The summed E-state index contributed by atoms with van der Waals surface area (Å²) in [5.41, 5.74) is 6.62. The van der Waals surface area contributed by atoms with E-state index < -0.39 is 0 Å². The second-order valence-electron chi connectivity index (χ2n) is 6.78. The van der Waals surface area contributed by atoms with Crippen molar-refractivity contribution < 1.29 is 9.59 Å². The smallest absolute Gasteiger partial charge is 0.227 e. The Morgan fingerprint density at radius 2 is 1.96 bits per heavy atom. The zero-order valence-corrected chi connectivity index (χ0v) is 14.5. The molecular formula is C18H24ClN3O2. The zero-order valence-electron chi connectivity index (χ0n) is 13.7. The maximum atomic E-state index is 12.6. The van der Waals surface area contributed by atoms with Gasteiger partial charge >= 0.3 is 0 Å². The predicted octanol–water partition coefficient (Wildman–Crippen LogP) is 2.33. The van der Waals surface area contributed by atoms with Crippen molar-refractivity contribution in [1.82, 2.24) is 5.32 Å². The third kappa shape index (κ3) is 3.73. The van der Waals surface area contributed by atoms with Crippen LogP contribution >= 0.6 is 11.6 Å². The van der Waals surface area contributed by atoms with Gasteiger partial charge in [0.15, 0.2) is 0 Å². The van der Waals surface area contributed by atoms with E-state index in [1.807, 2.05) is 12.1 Å². The van der Waals surface area contributed by atoms with Crippen molar-refractivity contribution in [2.75, 3.05) is 18.0 Å². The summed E-state index contributed by atoms with van der Waals surface area (Å²) in [7, 11) is 0. The van der Waals surface area contributed by atoms with Gasteiger partial charge in [-0.05, 0) is 49.6 Å². The number of anilines is 1. The van der Waals surface area contributed by atoms with Crippen LogP contribution in [0.5, 0.6) is 0 Å². The lowest BCUT2D eigenvalue weighted by Gasteiger charge is -2.32. The van der Waals surface area contributed by atoms with Gasteiger partial charge in [0.2, 0.25) is 11.8 Å². The Morgan fingerprint density at radius 3 is 2.67 bits per heavy atom. The van der Waals surface area contributed by atoms with E-state index in [2.05, 4.69) is 5.32 Å². The molecule has 1 aromatic carbocycles. The molecule has 5 nitrogen and oxygen atoms in total. The van der Waals surface area contributed by atoms with Gasteiger partial charge in [0.1, 0.15) is 0 Å². The summed E-state index contributed by atoms with van der Waals surface area (Å²) in [6.45, 7) is 1.03. The van der Waals surface area contributed by atoms with Crippen molar-refractivity contribution in [3.05, 3.63) is 29.3 Å². The van der Waals surface area contributed by atoms with Crippen molar-refractivity contribution in [2.45, 2.75) is 38.1 Å². The summed E-state index contributed by atoms with van der Waals surface area (Å²) in [5.74, 6) is 0.0161. The fourth-order valence-corrected chi connectivity index (χ4v) is 3.86. The lowest BCUT2D eigenvalue weighted by molar-refractivity contribution is -0.127. The van der Waals surface area contributed by atoms with E-state index in [4.69, 9.17) is 17.3 Å². The molecule has 2 fully saturated rings. The van der Waals surface area contributed by atoms with Gasteiger partial charge in [0, 0.05) is 29.7 Å². The number of carbonyl (C=O) groups excluding carboxylic acids is 2. The Hall–Kier alpha value is -1.59. The fraction of sp³-hybridized carbons (Fsp3) is 0.556. The molecule has 0 bridgehead atoms. The number of halogens is 1. The minimum absolute atomic E-state index is 0.0171. The van der Waals surface area contributed by atoms with Crippen LogP contribution in [-0.2, 0) is 9.59 Å².